The number of aliphatic hydroxyl groups is 6. The number of nitrogens with two attached hydrogens (primary N) is 2. The largest absolute Gasteiger partial charge is 0.508 e. The molecule has 0 radical (unpaired) electrons. The number of aromatic hydroxyl groups is 3. The van der Waals surface area contributed by atoms with E-state index in [-0.39, 0.29) is 53.6 Å². The fraction of sp³-hybridized carbons (Fsp3) is 0.433. The maximum Gasteiger partial charge on any atom is 0.330 e. The van der Waals surface area contributed by atoms with Gasteiger partial charge in [0, 0.05) is 34.7 Å². The minimum atomic E-state index is -2.35. The first-order valence-electron chi connectivity index (χ1n) is 31.6. The molecule has 33 nitrogen and oxygen atoms in total. The minimum absolute atomic E-state index is 0. The summed E-state index contributed by atoms with van der Waals surface area (Å²) in [7, 11) is 1.47. The van der Waals surface area contributed by atoms with Crippen molar-refractivity contribution < 1.29 is 118 Å². The van der Waals surface area contributed by atoms with Gasteiger partial charge in [-0.1, -0.05) is 62.7 Å². The van der Waals surface area contributed by atoms with Gasteiger partial charge in [-0.05, 0) is 110 Å². The van der Waals surface area contributed by atoms with Crippen LogP contribution in [0.1, 0.15) is 113 Å². The second-order valence-corrected chi connectivity index (χ2v) is 26.5. The van der Waals surface area contributed by atoms with Crippen molar-refractivity contribution in [2.75, 3.05) is 13.7 Å². The number of benzene rings is 5. The van der Waals surface area contributed by atoms with Crippen LogP contribution in [0.5, 0.6) is 46.0 Å². The molecule has 0 aromatic heterocycles. The highest BCUT2D eigenvalue weighted by Gasteiger charge is 2.51. The molecule has 102 heavy (non-hydrogen) atoms. The Morgan fingerprint density at radius 3 is 1.89 bits per heavy atom. The van der Waals surface area contributed by atoms with Gasteiger partial charge in [0.05, 0.1) is 41.3 Å². The standard InChI is InChI=1S/C66H75Cl2N9O24.CH4/c1-23(2)12-34(71-5)58(88)76-49-51(83)26-7-10-38(32(67)14-26)97-40-16-28-17-41(55(40)101-65-56(54(86)53(85)42(22-78)99-65)100-44-21-66(4,70)57(87)24(3)96-44)98-39-11-8-27(15-33(39)68)52(84)50-63(93)75-48(64(94)95)31-18-29(79)19-37(81)45(31)30-13-25(6-9-36(30)80)46(60(90)77-50)74-61(91)47(28)73-59(89)35(20-43(69)82)72-62(49)92;/h6-11,13-19,23-24,34-35,42,44,46-54,56-57,65,71,78-81,83-87H,12,20-22,70H2,1-5H3,(H2,69,82)(H,72,92)(H,73,89)(H,74,91)(H,75,93)(H,76,88)(H,77,90)(H,94,95);1H4/t24?,34-,35+,42?,44?,46-,47-,48+,49?,50+,51-,52-,53?,54?,56?,57?,65?,66?;/m1./s1. The Bertz CT molecular complexity index is 4080. The lowest BCUT2D eigenvalue weighted by Crippen LogP contribution is -2.64. The van der Waals surface area contributed by atoms with Crippen LogP contribution < -0.4 is 62.9 Å². The number of nitrogens with one attached hydrogen (secondary N) is 7. The number of hydrogen-bond donors (Lipinski definition) is 19. The predicted molar refractivity (Wildman–Crippen MR) is 356 cm³/mol. The highest BCUT2D eigenvalue weighted by molar-refractivity contribution is 6.32. The van der Waals surface area contributed by atoms with Gasteiger partial charge in [-0.15, -0.1) is 0 Å². The van der Waals surface area contributed by atoms with Gasteiger partial charge in [-0.3, -0.25) is 33.6 Å². The van der Waals surface area contributed by atoms with Crippen molar-refractivity contribution in [2.45, 2.75) is 164 Å². The summed E-state index contributed by atoms with van der Waals surface area (Å²) in [6.45, 7) is 5.66. The molecule has 2 saturated heterocycles. The third-order valence-corrected chi connectivity index (χ3v) is 18.4. The molecular weight excluding hydrogens is 1390 g/mol. The average Bonchev–Trinajstić information content (AvgIpc) is 0.768. The third kappa shape index (κ3) is 16.2. The number of carboxylic acid groups (broad SMARTS) is 1. The normalized spacial score (nSPS) is 29.1. The number of hydrogen-bond acceptors (Lipinski definition) is 25. The number of rotatable bonds is 13. The van der Waals surface area contributed by atoms with E-state index in [1.165, 1.54) is 33.0 Å². The Hall–Kier alpha value is -9.20. The first-order chi connectivity index (χ1) is 47.7. The molecule has 2 fully saturated rings. The maximum atomic E-state index is 16.0. The zero-order valence-electron chi connectivity index (χ0n) is 54.3. The van der Waals surface area contributed by atoms with Crippen LogP contribution in [0.4, 0.5) is 0 Å². The number of likely N-dealkylation sites (N-methyl/N-ethyl adjacent to an activating group) is 1. The monoisotopic (exact) mass is 1460 g/mol. The van der Waals surface area contributed by atoms with Crippen LogP contribution in [0.25, 0.3) is 11.1 Å². The van der Waals surface area contributed by atoms with E-state index in [1.54, 1.807) is 0 Å². The number of carboxylic acids is 1. The molecule has 18 atom stereocenters. The number of aliphatic hydroxyl groups excluding tert-OH is 6. The molecule has 5 aromatic rings. The Kier molecular flexibility index (Phi) is 23.5. The number of aliphatic carboxylic acids is 1. The van der Waals surface area contributed by atoms with E-state index >= 15 is 14.4 Å². The average molecular weight is 1470 g/mol. The number of amides is 7. The van der Waals surface area contributed by atoms with Crippen LogP contribution in [0, 0.1) is 5.92 Å². The summed E-state index contributed by atoms with van der Waals surface area (Å²) in [5.74, 6) is -16.0. The highest BCUT2D eigenvalue weighted by atomic mass is 35.5. The lowest BCUT2D eigenvalue weighted by atomic mass is 9.86. The summed E-state index contributed by atoms with van der Waals surface area (Å²) in [6, 6.07) is -0.679. The van der Waals surface area contributed by atoms with Gasteiger partial charge < -0.3 is 128 Å². The van der Waals surface area contributed by atoms with Crippen molar-refractivity contribution in [3.05, 3.63) is 117 Å². The Labute approximate surface area is 591 Å². The van der Waals surface area contributed by atoms with Crippen LogP contribution in [0.15, 0.2) is 78.9 Å². The minimum Gasteiger partial charge on any atom is -0.508 e. The molecule has 7 aliphatic rings. The van der Waals surface area contributed by atoms with Crippen molar-refractivity contribution in [3.63, 3.8) is 0 Å². The molecule has 550 valence electrons. The van der Waals surface area contributed by atoms with Crippen molar-refractivity contribution in [1.29, 1.82) is 0 Å². The van der Waals surface area contributed by atoms with Gasteiger partial charge in [0.15, 0.2) is 29.9 Å². The Morgan fingerprint density at radius 1 is 0.716 bits per heavy atom. The van der Waals surface area contributed by atoms with E-state index in [1.807, 2.05) is 13.8 Å². The predicted octanol–water partition coefficient (Wildman–Crippen LogP) is 0.742. The van der Waals surface area contributed by atoms with Crippen molar-refractivity contribution >= 4 is 70.5 Å². The van der Waals surface area contributed by atoms with Gasteiger partial charge >= 0.3 is 5.97 Å². The molecular formula is C67H79Cl2N9O24. The summed E-state index contributed by atoms with van der Waals surface area (Å²) in [5, 5.41) is 131. The molecule has 10 unspecified atom stereocenters. The molecule has 7 aliphatic heterocycles. The molecule has 7 amide bonds. The molecule has 12 rings (SSSR count). The molecule has 0 aliphatic carbocycles. The Morgan fingerprint density at radius 2 is 1.31 bits per heavy atom. The molecule has 21 N–H and O–H groups in total. The number of fused-ring (bicyclic) bond motifs is 15. The van der Waals surface area contributed by atoms with E-state index in [4.69, 9.17) is 63.1 Å². The summed E-state index contributed by atoms with van der Waals surface area (Å²) >= 11 is 14.1. The number of carbonyl (C=O) groups is 8. The van der Waals surface area contributed by atoms with Crippen LogP contribution in [-0.2, 0) is 52.6 Å². The van der Waals surface area contributed by atoms with Crippen molar-refractivity contribution in [1.82, 2.24) is 37.2 Å². The first-order valence-corrected chi connectivity index (χ1v) is 32.4. The number of halogens is 2. The zero-order valence-corrected chi connectivity index (χ0v) is 55.8. The van der Waals surface area contributed by atoms with Gasteiger partial charge in [0.1, 0.15) is 89.5 Å². The highest BCUT2D eigenvalue weighted by Crippen LogP contribution is 2.50. The van der Waals surface area contributed by atoms with Crippen LogP contribution in [0.2, 0.25) is 10.0 Å². The van der Waals surface area contributed by atoms with Crippen molar-refractivity contribution in [3.8, 4) is 57.1 Å². The number of carbonyl (C=O) groups excluding carboxylic acids is 7. The van der Waals surface area contributed by atoms with Gasteiger partial charge in [0.25, 0.3) is 0 Å². The summed E-state index contributed by atoms with van der Waals surface area (Å²) < 4.78 is 38.3. The second-order valence-electron chi connectivity index (χ2n) is 25.7. The van der Waals surface area contributed by atoms with E-state index in [0.29, 0.717) is 0 Å². The van der Waals surface area contributed by atoms with E-state index in [9.17, 15) is 75.0 Å². The number of phenols is 3. The molecule has 0 saturated carbocycles. The van der Waals surface area contributed by atoms with E-state index in [2.05, 4.69) is 37.2 Å². The quantitative estimate of drug-likeness (QED) is 0.0773. The number of phenolic OH excluding ortho intramolecular Hbond substituents is 3. The topological polar surface area (TPSA) is 530 Å². The van der Waals surface area contributed by atoms with E-state index in [0.717, 1.165) is 66.7 Å². The fourth-order valence-electron chi connectivity index (χ4n) is 12.5. The van der Waals surface area contributed by atoms with Crippen LogP contribution in [0.3, 0.4) is 0 Å². The lowest BCUT2D eigenvalue weighted by molar-refractivity contribution is -0.333. The maximum absolute atomic E-state index is 16.0. The molecule has 11 bridgehead atoms. The van der Waals surface area contributed by atoms with Crippen molar-refractivity contribution in [2.24, 2.45) is 17.4 Å². The summed E-state index contributed by atoms with van der Waals surface area (Å²) in [4.78, 5) is 117. The summed E-state index contributed by atoms with van der Waals surface area (Å²) in [6.07, 6.45) is -18.6. The van der Waals surface area contributed by atoms with E-state index < -0.39 is 237 Å². The molecule has 35 heteroatoms. The van der Waals surface area contributed by atoms with Gasteiger partial charge in [-0.2, -0.15) is 0 Å². The first kappa shape index (κ1) is 77.0. The smallest absolute Gasteiger partial charge is 0.330 e. The second kappa shape index (κ2) is 31.2. The van der Waals surface area contributed by atoms with Gasteiger partial charge in [-0.25, -0.2) is 4.79 Å². The third-order valence-electron chi connectivity index (χ3n) is 17.8. The van der Waals surface area contributed by atoms with Crippen LogP contribution in [-0.4, -0.2) is 191 Å². The lowest BCUT2D eigenvalue weighted by Gasteiger charge is -2.47. The van der Waals surface area contributed by atoms with Crippen LogP contribution >= 0.6 is 23.2 Å². The molecule has 0 spiro atoms. The number of primary amides is 1. The zero-order chi connectivity index (χ0) is 73.5. The fourth-order valence-corrected chi connectivity index (χ4v) is 12.9. The SMILES string of the molecule is C.CN[C@H](CC(C)C)C(=O)NC1C(=O)N[C@@H](CC(N)=O)C(=O)N[C@H]2C(=O)N[C@H]3C(=O)N[C@H](C(=O)N[C@H](C(=O)O)c4cc(O)cc(O)c4-c4cc3ccc4O)[C@H](O)c3ccc(c(Cl)c3)Oc3cc2cc(c3OC2OC(CO)C(O)C(O)C2OC2CC(C)(N)C(O)C(C)O2)Oc2ccc(cc2Cl)[C@H]1O. The number of ether oxygens (including phenoxy) is 6. The van der Waals surface area contributed by atoms with Gasteiger partial charge in [0.2, 0.25) is 53.4 Å². The molecule has 5 aromatic carbocycles. The Balaban J connectivity index is 0.0000121. The molecule has 7 heterocycles. The summed E-state index contributed by atoms with van der Waals surface area (Å²) in [5.41, 5.74) is 8.00.